The van der Waals surface area contributed by atoms with Crippen LogP contribution in [-0.4, -0.2) is 17.0 Å². The van der Waals surface area contributed by atoms with Gasteiger partial charge in [0.05, 0.1) is 5.92 Å². The molecule has 0 spiro atoms. The normalized spacial score (nSPS) is 11.8. The van der Waals surface area contributed by atoms with Crippen molar-refractivity contribution in [2.45, 2.75) is 5.92 Å². The lowest BCUT2D eigenvalue weighted by atomic mass is 9.90. The Balaban J connectivity index is 1.72. The van der Waals surface area contributed by atoms with Crippen LogP contribution in [-0.2, 0) is 9.59 Å². The summed E-state index contributed by atoms with van der Waals surface area (Å²) in [6.07, 6.45) is 3.20. The maximum Gasteiger partial charge on any atom is 0.255 e. The van der Waals surface area contributed by atoms with Crippen LogP contribution in [0.2, 0.25) is 0 Å². The van der Waals surface area contributed by atoms with E-state index >= 15 is 0 Å². The molecule has 140 valence electrons. The smallest absolute Gasteiger partial charge is 0.255 e. The molecule has 0 saturated heterocycles. The molecule has 0 aliphatic heterocycles. The van der Waals surface area contributed by atoms with Gasteiger partial charge in [-0.15, -0.1) is 0 Å². The van der Waals surface area contributed by atoms with E-state index in [1.807, 2.05) is 60.7 Å². The quantitative estimate of drug-likeness (QED) is 0.348. The molecule has 0 fully saturated rings. The molecule has 0 saturated carbocycles. The summed E-state index contributed by atoms with van der Waals surface area (Å²) in [5, 5.41) is 11.9. The topological polar surface area (TPSA) is 78.4 Å². The summed E-state index contributed by atoms with van der Waals surface area (Å²) >= 11 is 0. The zero-order chi connectivity index (χ0) is 19.8. The number of nitrogens with one attached hydrogen (secondary N) is 2. The highest BCUT2D eigenvalue weighted by Crippen LogP contribution is 2.26. The Morgan fingerprint density at radius 1 is 0.786 bits per heavy atom. The van der Waals surface area contributed by atoms with E-state index in [4.69, 9.17) is 5.21 Å². The summed E-state index contributed by atoms with van der Waals surface area (Å²) in [5.41, 5.74) is 4.74. The van der Waals surface area contributed by atoms with Gasteiger partial charge in [0.1, 0.15) is 0 Å². The molecule has 5 heteroatoms. The first kappa shape index (κ1) is 19.1. The van der Waals surface area contributed by atoms with Crippen LogP contribution < -0.4 is 10.8 Å². The summed E-state index contributed by atoms with van der Waals surface area (Å²) in [7, 11) is 0. The van der Waals surface area contributed by atoms with Crippen molar-refractivity contribution in [2.24, 2.45) is 0 Å². The molecule has 3 rings (SSSR count). The monoisotopic (exact) mass is 372 g/mol. The van der Waals surface area contributed by atoms with E-state index in [2.05, 4.69) is 5.32 Å². The van der Waals surface area contributed by atoms with Crippen LogP contribution in [0, 0.1) is 0 Å². The molecular weight excluding hydrogens is 352 g/mol. The molecule has 0 heterocycles. The number of hydrogen-bond acceptors (Lipinski definition) is 3. The molecule has 0 aromatic heterocycles. The van der Waals surface area contributed by atoms with Crippen molar-refractivity contribution < 1.29 is 14.8 Å². The molecule has 0 radical (unpaired) electrons. The van der Waals surface area contributed by atoms with Crippen LogP contribution in [0.3, 0.4) is 0 Å². The van der Waals surface area contributed by atoms with E-state index in [9.17, 15) is 9.59 Å². The SMILES string of the molecule is O=C(C=Cc1ccccc1)Nc1ccc(C(C(=O)NO)c2ccccc2)cc1. The Kier molecular flexibility index (Phi) is 6.33. The van der Waals surface area contributed by atoms with Gasteiger partial charge in [0.15, 0.2) is 0 Å². The van der Waals surface area contributed by atoms with E-state index < -0.39 is 11.8 Å². The van der Waals surface area contributed by atoms with Gasteiger partial charge in [-0.3, -0.25) is 14.8 Å². The van der Waals surface area contributed by atoms with Crippen molar-refractivity contribution in [3.8, 4) is 0 Å². The molecule has 0 bridgehead atoms. The second kappa shape index (κ2) is 9.30. The van der Waals surface area contributed by atoms with Gasteiger partial charge in [0.2, 0.25) is 5.91 Å². The molecule has 1 unspecified atom stereocenters. The van der Waals surface area contributed by atoms with Crippen molar-refractivity contribution in [1.82, 2.24) is 5.48 Å². The second-order valence-electron chi connectivity index (χ2n) is 6.18. The van der Waals surface area contributed by atoms with E-state index in [-0.39, 0.29) is 5.91 Å². The van der Waals surface area contributed by atoms with Crippen LogP contribution in [0.1, 0.15) is 22.6 Å². The fourth-order valence-electron chi connectivity index (χ4n) is 2.88. The first-order valence-corrected chi connectivity index (χ1v) is 8.80. The zero-order valence-corrected chi connectivity index (χ0v) is 15.1. The summed E-state index contributed by atoms with van der Waals surface area (Å²) in [4.78, 5) is 24.2. The summed E-state index contributed by atoms with van der Waals surface area (Å²) in [5.74, 6) is -1.41. The van der Waals surface area contributed by atoms with Gasteiger partial charge in [-0.2, -0.15) is 0 Å². The molecule has 3 N–H and O–H groups in total. The second-order valence-corrected chi connectivity index (χ2v) is 6.18. The summed E-state index contributed by atoms with van der Waals surface area (Å²) in [6.45, 7) is 0. The summed E-state index contributed by atoms with van der Waals surface area (Å²) < 4.78 is 0. The highest BCUT2D eigenvalue weighted by atomic mass is 16.5. The third-order valence-corrected chi connectivity index (χ3v) is 4.24. The fraction of sp³-hybridized carbons (Fsp3) is 0.0435. The molecule has 1 atom stereocenters. The van der Waals surface area contributed by atoms with Crippen molar-refractivity contribution in [1.29, 1.82) is 0 Å². The lowest BCUT2D eigenvalue weighted by Crippen LogP contribution is -2.27. The van der Waals surface area contributed by atoms with Crippen molar-refractivity contribution in [3.63, 3.8) is 0 Å². The minimum atomic E-state index is -0.645. The highest BCUT2D eigenvalue weighted by Gasteiger charge is 2.22. The molecule has 2 amide bonds. The van der Waals surface area contributed by atoms with Gasteiger partial charge in [-0.05, 0) is 34.9 Å². The van der Waals surface area contributed by atoms with Crippen LogP contribution in [0.25, 0.3) is 6.08 Å². The van der Waals surface area contributed by atoms with Crippen LogP contribution in [0.4, 0.5) is 5.69 Å². The largest absolute Gasteiger partial charge is 0.323 e. The number of carbonyl (C=O) groups excluding carboxylic acids is 2. The van der Waals surface area contributed by atoms with Gasteiger partial charge < -0.3 is 5.32 Å². The van der Waals surface area contributed by atoms with E-state index in [0.717, 1.165) is 11.1 Å². The van der Waals surface area contributed by atoms with Crippen molar-refractivity contribution >= 4 is 23.6 Å². The summed E-state index contributed by atoms with van der Waals surface area (Å²) in [6, 6.07) is 25.7. The standard InChI is InChI=1S/C23H20N2O3/c26-21(16-11-17-7-3-1-4-8-17)24-20-14-12-19(13-15-20)22(23(27)25-28)18-9-5-2-6-10-18/h1-16,22,28H,(H,24,26)(H,25,27). The average Bonchev–Trinajstić information content (AvgIpc) is 2.75. The minimum absolute atomic E-state index is 0.246. The highest BCUT2D eigenvalue weighted by molar-refractivity contribution is 6.02. The van der Waals surface area contributed by atoms with Gasteiger partial charge >= 0.3 is 0 Å². The zero-order valence-electron chi connectivity index (χ0n) is 15.1. The molecule has 5 nitrogen and oxygen atoms in total. The van der Waals surface area contributed by atoms with E-state index in [0.29, 0.717) is 11.3 Å². The van der Waals surface area contributed by atoms with Gasteiger partial charge in [0.25, 0.3) is 5.91 Å². The average molecular weight is 372 g/mol. The molecule has 3 aromatic carbocycles. The third kappa shape index (κ3) is 4.93. The molecule has 0 aliphatic rings. The lowest BCUT2D eigenvalue weighted by molar-refractivity contribution is -0.129. The van der Waals surface area contributed by atoms with Gasteiger partial charge in [-0.1, -0.05) is 72.8 Å². The van der Waals surface area contributed by atoms with Gasteiger partial charge in [0, 0.05) is 11.8 Å². The first-order chi connectivity index (χ1) is 13.7. The Bertz CT molecular complexity index is 952. The molecule has 3 aromatic rings. The predicted molar refractivity (Wildman–Crippen MR) is 109 cm³/mol. The maximum absolute atomic E-state index is 12.2. The van der Waals surface area contributed by atoms with E-state index in [1.165, 1.54) is 6.08 Å². The third-order valence-electron chi connectivity index (χ3n) is 4.24. The van der Waals surface area contributed by atoms with Crippen molar-refractivity contribution in [2.75, 3.05) is 5.32 Å². The minimum Gasteiger partial charge on any atom is -0.323 e. The van der Waals surface area contributed by atoms with E-state index in [1.54, 1.807) is 35.8 Å². The number of rotatable bonds is 6. The molecule has 28 heavy (non-hydrogen) atoms. The van der Waals surface area contributed by atoms with Crippen LogP contribution in [0.5, 0.6) is 0 Å². The Hall–Kier alpha value is -3.70. The Labute approximate surface area is 163 Å². The number of benzene rings is 3. The fourth-order valence-corrected chi connectivity index (χ4v) is 2.88. The Morgan fingerprint density at radius 3 is 1.96 bits per heavy atom. The first-order valence-electron chi connectivity index (χ1n) is 8.80. The molecule has 0 aliphatic carbocycles. The van der Waals surface area contributed by atoms with Crippen LogP contribution >= 0.6 is 0 Å². The number of amides is 2. The Morgan fingerprint density at radius 2 is 1.36 bits per heavy atom. The number of anilines is 1. The van der Waals surface area contributed by atoms with Crippen LogP contribution in [0.15, 0.2) is 91.0 Å². The predicted octanol–water partition coefficient (Wildman–Crippen LogP) is 3.98. The number of carbonyl (C=O) groups is 2. The van der Waals surface area contributed by atoms with Crippen molar-refractivity contribution in [3.05, 3.63) is 108 Å². The lowest BCUT2D eigenvalue weighted by Gasteiger charge is -2.16. The number of hydroxylamine groups is 1. The maximum atomic E-state index is 12.2. The molecular formula is C23H20N2O3. The number of hydrogen-bond donors (Lipinski definition) is 3. The van der Waals surface area contributed by atoms with Gasteiger partial charge in [-0.25, -0.2) is 5.48 Å².